The number of halogens is 1. The molecular weight excluding hydrogens is 412 g/mol. The van der Waals surface area contributed by atoms with Crippen molar-refractivity contribution >= 4 is 46.0 Å². The van der Waals surface area contributed by atoms with Gasteiger partial charge in [-0.15, -0.1) is 0 Å². The van der Waals surface area contributed by atoms with Crippen molar-refractivity contribution in [2.45, 2.75) is 19.6 Å². The van der Waals surface area contributed by atoms with Crippen LogP contribution in [0.25, 0.3) is 0 Å². The van der Waals surface area contributed by atoms with E-state index in [1.807, 2.05) is 18.2 Å². The van der Waals surface area contributed by atoms with Crippen molar-refractivity contribution in [3.8, 4) is 0 Å². The minimum atomic E-state index is -0.623. The summed E-state index contributed by atoms with van der Waals surface area (Å²) < 4.78 is 0. The summed E-state index contributed by atoms with van der Waals surface area (Å²) in [5.74, 6) is 0.502. The molecule has 0 saturated heterocycles. The van der Waals surface area contributed by atoms with Crippen molar-refractivity contribution in [1.29, 1.82) is 0 Å². The Hall–Kier alpha value is -2.55. The summed E-state index contributed by atoms with van der Waals surface area (Å²) in [5.41, 5.74) is 3.14. The summed E-state index contributed by atoms with van der Waals surface area (Å²) in [5, 5.41) is 21.0. The van der Waals surface area contributed by atoms with Crippen LogP contribution in [-0.2, 0) is 6.54 Å². The van der Waals surface area contributed by atoms with Gasteiger partial charge in [0.1, 0.15) is 0 Å². The molecule has 0 spiro atoms. The van der Waals surface area contributed by atoms with Crippen molar-refractivity contribution < 1.29 is 14.7 Å². The third kappa shape index (κ3) is 6.22. The minimum absolute atomic E-state index is 0.129. The second-order valence-corrected chi connectivity index (χ2v) is 7.91. The topological polar surface area (TPSA) is 94.0 Å². The predicted octanol–water partition coefficient (Wildman–Crippen LogP) is 3.92. The van der Waals surface area contributed by atoms with Crippen molar-refractivity contribution in [3.63, 3.8) is 0 Å². The number of aliphatic hydroxyl groups excluding tert-OH is 1. The number of carbonyl (C=O) groups is 2. The quantitative estimate of drug-likeness (QED) is 0.644. The van der Waals surface area contributed by atoms with E-state index < -0.39 is 12.1 Å². The molecule has 0 unspecified atom stereocenters. The van der Waals surface area contributed by atoms with Crippen LogP contribution >= 0.6 is 23.4 Å². The number of hydrogen-bond donors (Lipinski definition) is 3. The molecule has 1 heterocycles. The normalized spacial score (nSPS) is 14.9. The number of carbonyl (C=O) groups excluding carboxylic acids is 2. The lowest BCUT2D eigenvalue weighted by atomic mass is 10.1. The molecule has 1 aliphatic rings. The molecular formula is C20H21ClN4O3S. The number of rotatable bonds is 6. The third-order valence-electron chi connectivity index (χ3n) is 4.04. The van der Waals surface area contributed by atoms with E-state index in [2.05, 4.69) is 15.7 Å². The highest BCUT2D eigenvalue weighted by Gasteiger charge is 2.22. The number of nitrogens with one attached hydrogen (secondary N) is 2. The highest BCUT2D eigenvalue weighted by molar-refractivity contribution is 8.14. The first-order valence-corrected chi connectivity index (χ1v) is 10.4. The predicted molar refractivity (Wildman–Crippen MR) is 117 cm³/mol. The van der Waals surface area contributed by atoms with E-state index in [-0.39, 0.29) is 18.3 Å². The Kier molecular flexibility index (Phi) is 7.13. The maximum Gasteiger partial charge on any atom is 0.319 e. The average Bonchev–Trinajstić information content (AvgIpc) is 2.69. The molecule has 2 aromatic rings. The number of urea groups is 1. The zero-order chi connectivity index (χ0) is 20.8. The van der Waals surface area contributed by atoms with Crippen molar-refractivity contribution in [2.24, 2.45) is 5.10 Å². The number of hydrazone groups is 1. The van der Waals surface area contributed by atoms with Crippen LogP contribution in [0.3, 0.4) is 0 Å². The van der Waals surface area contributed by atoms with Gasteiger partial charge in [-0.25, -0.2) is 9.80 Å². The number of anilines is 1. The summed E-state index contributed by atoms with van der Waals surface area (Å²) >= 11 is 7.14. The van der Waals surface area contributed by atoms with E-state index in [0.717, 1.165) is 16.8 Å². The average molecular weight is 433 g/mol. The van der Waals surface area contributed by atoms with Crippen LogP contribution in [0.2, 0.25) is 5.02 Å². The number of aliphatic hydroxyl groups is 1. The smallest absolute Gasteiger partial charge is 0.319 e. The van der Waals surface area contributed by atoms with E-state index in [4.69, 9.17) is 11.6 Å². The summed E-state index contributed by atoms with van der Waals surface area (Å²) in [6, 6.07) is 14.1. The van der Waals surface area contributed by atoms with Gasteiger partial charge in [0, 0.05) is 23.0 Å². The lowest BCUT2D eigenvalue weighted by molar-refractivity contribution is 0.190. The lowest BCUT2D eigenvalue weighted by Gasteiger charge is -2.23. The summed E-state index contributed by atoms with van der Waals surface area (Å²) in [7, 11) is 0. The van der Waals surface area contributed by atoms with Gasteiger partial charge in [-0.3, -0.25) is 4.79 Å². The first kappa shape index (κ1) is 21.2. The maximum atomic E-state index is 12.3. The molecule has 0 fully saturated rings. The zero-order valence-corrected chi connectivity index (χ0v) is 17.3. The second kappa shape index (κ2) is 9.78. The molecule has 2 aromatic carbocycles. The first-order chi connectivity index (χ1) is 13.9. The molecule has 1 atom stereocenters. The molecule has 3 N–H and O–H groups in total. The van der Waals surface area contributed by atoms with Gasteiger partial charge < -0.3 is 15.7 Å². The van der Waals surface area contributed by atoms with Crippen molar-refractivity contribution in [3.05, 3.63) is 64.7 Å². The lowest BCUT2D eigenvalue weighted by Crippen LogP contribution is -2.34. The van der Waals surface area contributed by atoms with Crippen LogP contribution in [-0.4, -0.2) is 45.5 Å². The molecule has 3 rings (SSSR count). The van der Waals surface area contributed by atoms with Crippen LogP contribution in [0.5, 0.6) is 0 Å². The fraction of sp³-hybridized carbons (Fsp3) is 0.250. The Morgan fingerprint density at radius 3 is 2.79 bits per heavy atom. The van der Waals surface area contributed by atoms with Gasteiger partial charge in [0.15, 0.2) is 0 Å². The number of benzene rings is 2. The van der Waals surface area contributed by atoms with Gasteiger partial charge in [0.05, 0.1) is 18.4 Å². The third-order valence-corrected chi connectivity index (χ3v) is 5.16. The van der Waals surface area contributed by atoms with Gasteiger partial charge in [0.2, 0.25) is 0 Å². The fourth-order valence-electron chi connectivity index (χ4n) is 2.64. The Morgan fingerprint density at radius 1 is 1.31 bits per heavy atom. The van der Waals surface area contributed by atoms with Gasteiger partial charge in [-0.1, -0.05) is 47.6 Å². The number of amides is 3. The Balaban J connectivity index is 1.69. The summed E-state index contributed by atoms with van der Waals surface area (Å²) in [4.78, 5) is 24.2. The molecule has 0 saturated carbocycles. The van der Waals surface area contributed by atoms with Crippen molar-refractivity contribution in [2.75, 3.05) is 17.6 Å². The Labute approximate surface area is 178 Å². The van der Waals surface area contributed by atoms with Crippen LogP contribution in [0.4, 0.5) is 15.3 Å². The first-order valence-electron chi connectivity index (χ1n) is 9.00. The molecule has 7 nitrogen and oxygen atoms in total. The van der Waals surface area contributed by atoms with E-state index >= 15 is 0 Å². The second-order valence-electron chi connectivity index (χ2n) is 6.55. The van der Waals surface area contributed by atoms with Crippen LogP contribution in [0, 0.1) is 0 Å². The molecule has 0 aromatic heterocycles. The molecule has 3 amide bonds. The van der Waals surface area contributed by atoms with E-state index in [1.54, 1.807) is 37.3 Å². The number of hydrogen-bond acceptors (Lipinski definition) is 5. The monoisotopic (exact) mass is 432 g/mol. The molecule has 0 aliphatic carbocycles. The molecule has 0 radical (unpaired) electrons. The van der Waals surface area contributed by atoms with Gasteiger partial charge in [0.25, 0.3) is 0 Å². The van der Waals surface area contributed by atoms with Crippen LogP contribution in [0.15, 0.2) is 53.6 Å². The SMILES string of the molecule is C[C@H](O)CNC(=O)Nc1cccc(CN2N=C(c3ccc(Cl)cc3)CSC2=O)c1. The molecule has 29 heavy (non-hydrogen) atoms. The van der Waals surface area contributed by atoms with Gasteiger partial charge >= 0.3 is 11.3 Å². The number of nitrogens with zero attached hydrogens (tertiary/aromatic N) is 2. The van der Waals surface area contributed by atoms with Crippen LogP contribution in [0.1, 0.15) is 18.1 Å². The standard InChI is InChI=1S/C20H21ClN4O3S/c1-13(26)10-22-19(27)23-17-4-2-3-14(9-17)11-25-20(28)29-12-18(24-25)15-5-7-16(21)8-6-15/h2-9,13,26H,10-12H2,1H3,(H2,22,23,27)/t13-/m0/s1. The van der Waals surface area contributed by atoms with Crippen LogP contribution < -0.4 is 10.6 Å². The Morgan fingerprint density at radius 2 is 2.07 bits per heavy atom. The van der Waals surface area contributed by atoms with E-state index in [9.17, 15) is 14.7 Å². The van der Waals surface area contributed by atoms with Gasteiger partial charge in [-0.2, -0.15) is 5.10 Å². The minimum Gasteiger partial charge on any atom is -0.392 e. The maximum absolute atomic E-state index is 12.3. The number of thioether (sulfide) groups is 1. The molecule has 9 heteroatoms. The Bertz CT molecular complexity index is 918. The summed E-state index contributed by atoms with van der Waals surface area (Å²) in [6.07, 6.45) is -0.623. The molecule has 1 aliphatic heterocycles. The largest absolute Gasteiger partial charge is 0.392 e. The molecule has 152 valence electrons. The van der Waals surface area contributed by atoms with Gasteiger partial charge in [-0.05, 0) is 42.3 Å². The van der Waals surface area contributed by atoms with Crippen molar-refractivity contribution in [1.82, 2.24) is 10.3 Å². The summed E-state index contributed by atoms with van der Waals surface area (Å²) in [6.45, 7) is 2.04. The van der Waals surface area contributed by atoms with E-state index in [1.165, 1.54) is 16.8 Å². The molecule has 0 bridgehead atoms. The zero-order valence-electron chi connectivity index (χ0n) is 15.8. The highest BCUT2D eigenvalue weighted by atomic mass is 35.5. The van der Waals surface area contributed by atoms with E-state index in [0.29, 0.717) is 16.5 Å². The highest BCUT2D eigenvalue weighted by Crippen LogP contribution is 2.23. The fourth-order valence-corrected chi connectivity index (χ4v) is 3.50.